The maximum absolute atomic E-state index is 12.7. The molecule has 2 atom stereocenters. The van der Waals surface area contributed by atoms with Crippen molar-refractivity contribution in [1.29, 1.82) is 0 Å². The number of carbonyl (C=O) groups excluding carboxylic acids is 2. The number of carbonyl (C=O) groups is 3. The van der Waals surface area contributed by atoms with Crippen molar-refractivity contribution in [2.45, 2.75) is 32.4 Å². The number of aliphatic carboxylic acids is 1. The lowest BCUT2D eigenvalue weighted by Crippen LogP contribution is -2.36. The number of amides is 2. The Balaban J connectivity index is 1.68. The molecule has 1 aliphatic heterocycles. The van der Waals surface area contributed by atoms with Gasteiger partial charge in [0.15, 0.2) is 0 Å². The van der Waals surface area contributed by atoms with Crippen LogP contribution in [0.15, 0.2) is 47.1 Å². The summed E-state index contributed by atoms with van der Waals surface area (Å²) in [6.07, 6.45) is 1.44. The smallest absolute Gasteiger partial charge is 0.305 e. The van der Waals surface area contributed by atoms with Gasteiger partial charge in [-0.3, -0.25) is 14.4 Å². The Hall–Kier alpha value is -3.09. The molecule has 7 nitrogen and oxygen atoms in total. The number of furan rings is 1. The first-order valence-corrected chi connectivity index (χ1v) is 8.82. The minimum Gasteiger partial charge on any atom is -0.481 e. The monoisotopic (exact) mass is 370 g/mol. The first-order valence-electron chi connectivity index (χ1n) is 8.82. The number of aryl methyl sites for hydroxylation is 1. The van der Waals surface area contributed by atoms with Gasteiger partial charge in [0.05, 0.1) is 31.2 Å². The maximum Gasteiger partial charge on any atom is 0.305 e. The Bertz CT molecular complexity index is 831. The Morgan fingerprint density at radius 1 is 1.30 bits per heavy atom. The zero-order valence-electron chi connectivity index (χ0n) is 15.1. The van der Waals surface area contributed by atoms with Crippen molar-refractivity contribution in [3.8, 4) is 0 Å². The number of carboxylic acid groups (broad SMARTS) is 1. The van der Waals surface area contributed by atoms with E-state index in [0.29, 0.717) is 18.8 Å². The quantitative estimate of drug-likeness (QED) is 0.779. The molecular formula is C20H22N2O5. The van der Waals surface area contributed by atoms with Crippen LogP contribution in [-0.2, 0) is 20.9 Å². The third kappa shape index (κ3) is 4.55. The van der Waals surface area contributed by atoms with E-state index in [-0.39, 0.29) is 24.7 Å². The van der Waals surface area contributed by atoms with Crippen molar-refractivity contribution in [2.24, 2.45) is 5.92 Å². The molecule has 27 heavy (non-hydrogen) atoms. The summed E-state index contributed by atoms with van der Waals surface area (Å²) in [6, 6.07) is 10.3. The molecule has 2 aromatic rings. The fraction of sp³-hybridized carbons (Fsp3) is 0.350. The third-order valence-electron chi connectivity index (χ3n) is 4.77. The fourth-order valence-electron chi connectivity index (χ4n) is 3.37. The second-order valence-electron chi connectivity index (χ2n) is 6.77. The third-order valence-corrected chi connectivity index (χ3v) is 4.77. The van der Waals surface area contributed by atoms with Crippen molar-refractivity contribution in [3.63, 3.8) is 0 Å². The summed E-state index contributed by atoms with van der Waals surface area (Å²) in [5, 5.41) is 12.0. The van der Waals surface area contributed by atoms with Gasteiger partial charge in [-0.15, -0.1) is 0 Å². The standard InChI is InChI=1S/C20H22N2O5/c1-13-5-2-3-7-16(13)17(10-19(24)25)21-20(26)14-9-18(23)22(11-14)12-15-6-4-8-27-15/h2-8,14,17H,9-12H2,1H3,(H,21,26)(H,24,25). The van der Waals surface area contributed by atoms with E-state index >= 15 is 0 Å². The number of likely N-dealkylation sites (tertiary alicyclic amines) is 1. The van der Waals surface area contributed by atoms with Gasteiger partial charge in [-0.2, -0.15) is 0 Å². The van der Waals surface area contributed by atoms with Crippen LogP contribution in [0.5, 0.6) is 0 Å². The highest BCUT2D eigenvalue weighted by molar-refractivity contribution is 5.89. The van der Waals surface area contributed by atoms with Crippen LogP contribution < -0.4 is 5.32 Å². The minimum absolute atomic E-state index is 0.111. The number of rotatable bonds is 7. The van der Waals surface area contributed by atoms with Crippen LogP contribution in [0, 0.1) is 12.8 Å². The average molecular weight is 370 g/mol. The molecule has 0 aliphatic carbocycles. The summed E-state index contributed by atoms with van der Waals surface area (Å²) in [6.45, 7) is 2.49. The van der Waals surface area contributed by atoms with Gasteiger partial charge < -0.3 is 19.7 Å². The average Bonchev–Trinajstić information content (AvgIpc) is 3.25. The zero-order valence-corrected chi connectivity index (χ0v) is 15.1. The predicted molar refractivity (Wildman–Crippen MR) is 96.5 cm³/mol. The van der Waals surface area contributed by atoms with Gasteiger partial charge >= 0.3 is 5.97 Å². The van der Waals surface area contributed by atoms with Crippen LogP contribution in [0.4, 0.5) is 0 Å². The largest absolute Gasteiger partial charge is 0.481 e. The van der Waals surface area contributed by atoms with Crippen LogP contribution >= 0.6 is 0 Å². The number of carboxylic acids is 1. The van der Waals surface area contributed by atoms with E-state index in [2.05, 4.69) is 5.32 Å². The van der Waals surface area contributed by atoms with Gasteiger partial charge in [0.25, 0.3) is 0 Å². The van der Waals surface area contributed by atoms with E-state index in [9.17, 15) is 19.5 Å². The van der Waals surface area contributed by atoms with E-state index in [1.54, 1.807) is 23.3 Å². The molecule has 142 valence electrons. The Kier molecular flexibility index (Phi) is 5.59. The van der Waals surface area contributed by atoms with E-state index in [1.807, 2.05) is 31.2 Å². The normalized spacial score (nSPS) is 17.7. The molecule has 2 amide bonds. The molecule has 2 N–H and O–H groups in total. The SMILES string of the molecule is Cc1ccccc1C(CC(=O)O)NC(=O)C1CC(=O)N(Cc2ccco2)C1. The number of benzene rings is 1. The van der Waals surface area contributed by atoms with Crippen LogP contribution in [0.3, 0.4) is 0 Å². The minimum atomic E-state index is -0.995. The molecular weight excluding hydrogens is 348 g/mol. The Morgan fingerprint density at radius 2 is 2.07 bits per heavy atom. The molecule has 1 aliphatic rings. The van der Waals surface area contributed by atoms with Gasteiger partial charge in [0, 0.05) is 13.0 Å². The van der Waals surface area contributed by atoms with Gasteiger partial charge in [0.2, 0.25) is 11.8 Å². The molecule has 7 heteroatoms. The van der Waals surface area contributed by atoms with Crippen LogP contribution in [0.25, 0.3) is 0 Å². The number of nitrogens with one attached hydrogen (secondary N) is 1. The molecule has 1 aromatic heterocycles. The molecule has 0 bridgehead atoms. The summed E-state index contributed by atoms with van der Waals surface area (Å²) < 4.78 is 5.26. The van der Waals surface area contributed by atoms with Crippen molar-refractivity contribution in [2.75, 3.05) is 6.54 Å². The fourth-order valence-corrected chi connectivity index (χ4v) is 3.37. The summed E-state index contributed by atoms with van der Waals surface area (Å²) in [7, 11) is 0. The molecule has 1 saturated heterocycles. The van der Waals surface area contributed by atoms with Gasteiger partial charge in [-0.25, -0.2) is 0 Å². The Morgan fingerprint density at radius 3 is 2.74 bits per heavy atom. The van der Waals surface area contributed by atoms with E-state index in [4.69, 9.17) is 4.42 Å². The van der Waals surface area contributed by atoms with Gasteiger partial charge in [0.1, 0.15) is 5.76 Å². The van der Waals surface area contributed by atoms with Crippen molar-refractivity contribution >= 4 is 17.8 Å². The molecule has 0 radical (unpaired) electrons. The van der Waals surface area contributed by atoms with Crippen molar-refractivity contribution < 1.29 is 23.9 Å². The zero-order chi connectivity index (χ0) is 19.4. The lowest BCUT2D eigenvalue weighted by Gasteiger charge is -2.21. The van der Waals surface area contributed by atoms with Crippen LogP contribution in [-0.4, -0.2) is 34.3 Å². The first kappa shape index (κ1) is 18.7. The highest BCUT2D eigenvalue weighted by Gasteiger charge is 2.35. The molecule has 0 saturated carbocycles. The second kappa shape index (κ2) is 8.07. The van der Waals surface area contributed by atoms with E-state index < -0.39 is 17.9 Å². The molecule has 3 rings (SSSR count). The molecule has 2 heterocycles. The lowest BCUT2D eigenvalue weighted by molar-refractivity contribution is -0.138. The molecule has 2 unspecified atom stereocenters. The van der Waals surface area contributed by atoms with Gasteiger partial charge in [-0.1, -0.05) is 24.3 Å². The number of nitrogens with zero attached hydrogens (tertiary/aromatic N) is 1. The van der Waals surface area contributed by atoms with E-state index in [1.165, 1.54) is 0 Å². The number of hydrogen-bond acceptors (Lipinski definition) is 4. The summed E-state index contributed by atoms with van der Waals surface area (Å²) >= 11 is 0. The summed E-state index contributed by atoms with van der Waals surface area (Å²) in [5.74, 6) is -1.26. The molecule has 1 fully saturated rings. The molecule has 0 spiro atoms. The predicted octanol–water partition coefficient (Wildman–Crippen LogP) is 2.27. The van der Waals surface area contributed by atoms with Crippen LogP contribution in [0.2, 0.25) is 0 Å². The summed E-state index contributed by atoms with van der Waals surface area (Å²) in [4.78, 5) is 37.8. The highest BCUT2D eigenvalue weighted by atomic mass is 16.4. The van der Waals surface area contributed by atoms with Gasteiger partial charge in [-0.05, 0) is 30.2 Å². The first-order chi connectivity index (χ1) is 12.9. The lowest BCUT2D eigenvalue weighted by atomic mass is 9.97. The maximum atomic E-state index is 12.7. The molecule has 1 aromatic carbocycles. The van der Waals surface area contributed by atoms with Crippen molar-refractivity contribution in [1.82, 2.24) is 10.2 Å². The van der Waals surface area contributed by atoms with E-state index in [0.717, 1.165) is 11.1 Å². The second-order valence-corrected chi connectivity index (χ2v) is 6.77. The van der Waals surface area contributed by atoms with Crippen molar-refractivity contribution in [3.05, 3.63) is 59.5 Å². The highest BCUT2D eigenvalue weighted by Crippen LogP contribution is 2.24. The number of hydrogen-bond donors (Lipinski definition) is 2. The van der Waals surface area contributed by atoms with Crippen LogP contribution in [0.1, 0.15) is 35.8 Å². The summed E-state index contributed by atoms with van der Waals surface area (Å²) in [5.41, 5.74) is 1.68. The Labute approximate surface area is 157 Å². The topological polar surface area (TPSA) is 99.8 Å².